The van der Waals surface area contributed by atoms with Gasteiger partial charge in [-0.15, -0.1) is 0 Å². The van der Waals surface area contributed by atoms with E-state index in [4.69, 9.17) is 0 Å². The van der Waals surface area contributed by atoms with Crippen LogP contribution in [0.3, 0.4) is 0 Å². The van der Waals surface area contributed by atoms with Gasteiger partial charge in [0.15, 0.2) is 0 Å². The number of nitrogens with zero attached hydrogens (tertiary/aromatic N) is 3. The monoisotopic (exact) mass is 325 g/mol. The summed E-state index contributed by atoms with van der Waals surface area (Å²) in [7, 11) is 0. The smallest absolute Gasteiger partial charge is 0.0338 e. The van der Waals surface area contributed by atoms with Crippen LogP contribution in [0.5, 0.6) is 0 Å². The maximum atomic E-state index is 2.81. The Morgan fingerprint density at radius 2 is 1.82 bits per heavy atom. The molecule has 0 aromatic heterocycles. The molecule has 0 unspecified atom stereocenters. The molecular formula is C18H35N3S. The molecule has 1 saturated carbocycles. The first-order chi connectivity index (χ1) is 10.6. The van der Waals surface area contributed by atoms with E-state index in [1.54, 1.807) is 0 Å². The zero-order chi connectivity index (χ0) is 15.6. The molecular weight excluding hydrogens is 290 g/mol. The van der Waals surface area contributed by atoms with E-state index in [0.29, 0.717) is 5.54 Å². The number of hydrogen-bond donors (Lipinski definition) is 0. The van der Waals surface area contributed by atoms with Crippen molar-refractivity contribution < 1.29 is 0 Å². The molecule has 0 radical (unpaired) electrons. The fraction of sp³-hybridized carbons (Fsp3) is 1.00. The van der Waals surface area contributed by atoms with Gasteiger partial charge in [0.25, 0.3) is 0 Å². The van der Waals surface area contributed by atoms with Crippen LogP contribution in [0.15, 0.2) is 0 Å². The molecule has 2 saturated heterocycles. The van der Waals surface area contributed by atoms with Crippen LogP contribution in [0.25, 0.3) is 0 Å². The molecule has 4 heteroatoms. The van der Waals surface area contributed by atoms with Crippen molar-refractivity contribution >= 4 is 11.9 Å². The van der Waals surface area contributed by atoms with E-state index in [1.165, 1.54) is 77.9 Å². The summed E-state index contributed by atoms with van der Waals surface area (Å²) < 4.78 is 2.53. The highest BCUT2D eigenvalue weighted by atomic mass is 32.2. The van der Waals surface area contributed by atoms with Gasteiger partial charge in [0.1, 0.15) is 0 Å². The Balaban J connectivity index is 1.40. The number of piperazine rings is 1. The van der Waals surface area contributed by atoms with Gasteiger partial charge < -0.3 is 4.90 Å². The minimum absolute atomic E-state index is 0.588. The zero-order valence-electron chi connectivity index (χ0n) is 14.9. The van der Waals surface area contributed by atoms with Gasteiger partial charge in [0.05, 0.1) is 0 Å². The molecule has 2 heterocycles. The maximum absolute atomic E-state index is 2.81. The Kier molecular flexibility index (Phi) is 5.75. The Bertz CT molecular complexity index is 348. The lowest BCUT2D eigenvalue weighted by Crippen LogP contribution is -2.56. The normalized spacial score (nSPS) is 27.8. The van der Waals surface area contributed by atoms with Gasteiger partial charge in [-0.05, 0) is 56.7 Å². The van der Waals surface area contributed by atoms with Gasteiger partial charge in [0, 0.05) is 44.8 Å². The van der Waals surface area contributed by atoms with Crippen molar-refractivity contribution in [2.45, 2.75) is 51.5 Å². The van der Waals surface area contributed by atoms with Crippen molar-refractivity contribution in [2.75, 3.05) is 52.1 Å². The van der Waals surface area contributed by atoms with Crippen molar-refractivity contribution in [1.82, 2.24) is 14.1 Å². The van der Waals surface area contributed by atoms with Crippen molar-refractivity contribution in [1.29, 1.82) is 0 Å². The topological polar surface area (TPSA) is 9.72 Å². The summed E-state index contributed by atoms with van der Waals surface area (Å²) in [6.45, 7) is 14.0. The standard InChI is InChI=1S/C18H35N3S/c1-16(2)14-20-13-12-19(15-18(20)7-8-18)9-4-17-5-10-21(22-3)11-6-17/h16-17H,4-15H2,1-3H3. The Hall–Kier alpha value is 0.230. The van der Waals surface area contributed by atoms with E-state index < -0.39 is 0 Å². The van der Waals surface area contributed by atoms with Gasteiger partial charge in [-0.2, -0.15) is 0 Å². The SMILES string of the molecule is CSN1CCC(CCN2CCN(CC(C)C)C3(CC3)C2)CC1. The summed E-state index contributed by atoms with van der Waals surface area (Å²) in [6.07, 6.45) is 9.37. The van der Waals surface area contributed by atoms with Crippen molar-refractivity contribution in [3.05, 3.63) is 0 Å². The van der Waals surface area contributed by atoms with Crippen molar-refractivity contribution in [3.63, 3.8) is 0 Å². The van der Waals surface area contributed by atoms with Gasteiger partial charge >= 0.3 is 0 Å². The summed E-state index contributed by atoms with van der Waals surface area (Å²) in [4.78, 5) is 5.59. The summed E-state index contributed by atoms with van der Waals surface area (Å²) in [5, 5.41) is 0. The average Bonchev–Trinajstić information content (AvgIpc) is 3.28. The number of hydrogen-bond acceptors (Lipinski definition) is 4. The van der Waals surface area contributed by atoms with Crippen LogP contribution in [0, 0.1) is 11.8 Å². The van der Waals surface area contributed by atoms with Crippen molar-refractivity contribution in [3.8, 4) is 0 Å². The summed E-state index contributed by atoms with van der Waals surface area (Å²) in [6, 6.07) is 0. The molecule has 1 aliphatic carbocycles. The summed E-state index contributed by atoms with van der Waals surface area (Å²) in [5.74, 6) is 1.79. The first-order valence-electron chi connectivity index (χ1n) is 9.38. The van der Waals surface area contributed by atoms with E-state index >= 15 is 0 Å². The predicted molar refractivity (Wildman–Crippen MR) is 97.2 cm³/mol. The molecule has 0 atom stereocenters. The van der Waals surface area contributed by atoms with Gasteiger partial charge in [-0.3, -0.25) is 9.21 Å². The van der Waals surface area contributed by atoms with Gasteiger partial charge in [0.2, 0.25) is 0 Å². The molecule has 1 spiro atoms. The van der Waals surface area contributed by atoms with E-state index in [2.05, 4.69) is 34.2 Å². The fourth-order valence-electron chi connectivity index (χ4n) is 4.38. The van der Waals surface area contributed by atoms with Gasteiger partial charge in [-0.1, -0.05) is 25.8 Å². The molecule has 3 rings (SSSR count). The third kappa shape index (κ3) is 4.19. The van der Waals surface area contributed by atoms with Crippen LogP contribution < -0.4 is 0 Å². The summed E-state index contributed by atoms with van der Waals surface area (Å²) in [5.41, 5.74) is 0.588. The van der Waals surface area contributed by atoms with E-state index in [0.717, 1.165) is 11.8 Å². The van der Waals surface area contributed by atoms with Crippen molar-refractivity contribution in [2.24, 2.45) is 11.8 Å². The number of rotatable bonds is 6. The Morgan fingerprint density at radius 3 is 2.41 bits per heavy atom. The highest BCUT2D eigenvalue weighted by Crippen LogP contribution is 2.44. The molecule has 0 N–H and O–H groups in total. The van der Waals surface area contributed by atoms with Crippen LogP contribution in [0.2, 0.25) is 0 Å². The molecule has 0 aromatic rings. The van der Waals surface area contributed by atoms with E-state index in [9.17, 15) is 0 Å². The molecule has 22 heavy (non-hydrogen) atoms. The summed E-state index contributed by atoms with van der Waals surface area (Å²) >= 11 is 1.92. The minimum Gasteiger partial charge on any atom is -0.300 e. The Morgan fingerprint density at radius 1 is 1.09 bits per heavy atom. The molecule has 0 aromatic carbocycles. The molecule has 0 amide bonds. The molecule has 2 aliphatic heterocycles. The minimum atomic E-state index is 0.588. The Labute approximate surface area is 141 Å². The lowest BCUT2D eigenvalue weighted by Gasteiger charge is -2.43. The van der Waals surface area contributed by atoms with Crippen LogP contribution in [0.4, 0.5) is 0 Å². The number of piperidine rings is 1. The van der Waals surface area contributed by atoms with Crippen LogP contribution in [0.1, 0.15) is 46.0 Å². The predicted octanol–water partition coefficient (Wildman–Crippen LogP) is 3.17. The molecule has 0 bridgehead atoms. The molecule has 128 valence electrons. The second-order valence-electron chi connectivity index (χ2n) is 8.18. The quantitative estimate of drug-likeness (QED) is 0.694. The maximum Gasteiger partial charge on any atom is 0.0338 e. The molecule has 3 nitrogen and oxygen atoms in total. The highest BCUT2D eigenvalue weighted by Gasteiger charge is 2.50. The molecule has 3 fully saturated rings. The second-order valence-corrected chi connectivity index (χ2v) is 9.07. The highest BCUT2D eigenvalue weighted by molar-refractivity contribution is 7.96. The first kappa shape index (κ1) is 17.1. The second kappa shape index (κ2) is 7.42. The van der Waals surface area contributed by atoms with Crippen LogP contribution >= 0.6 is 11.9 Å². The lowest BCUT2D eigenvalue weighted by atomic mass is 9.94. The van der Waals surface area contributed by atoms with Gasteiger partial charge in [-0.25, -0.2) is 0 Å². The lowest BCUT2D eigenvalue weighted by molar-refractivity contribution is 0.0464. The third-order valence-electron chi connectivity index (χ3n) is 5.97. The molecule has 3 aliphatic rings. The average molecular weight is 326 g/mol. The van der Waals surface area contributed by atoms with Crippen LogP contribution in [-0.4, -0.2) is 71.7 Å². The van der Waals surface area contributed by atoms with E-state index in [-0.39, 0.29) is 0 Å². The fourth-order valence-corrected chi connectivity index (χ4v) is 4.95. The largest absolute Gasteiger partial charge is 0.300 e. The first-order valence-corrected chi connectivity index (χ1v) is 10.6. The third-order valence-corrected chi connectivity index (χ3v) is 6.85. The van der Waals surface area contributed by atoms with E-state index in [1.807, 2.05) is 11.9 Å². The zero-order valence-corrected chi connectivity index (χ0v) is 15.7. The van der Waals surface area contributed by atoms with Crippen LogP contribution in [-0.2, 0) is 0 Å².